The average molecular weight is 233 g/mol. The Bertz CT molecular complexity index is 411. The maximum absolute atomic E-state index is 11.0. The Balaban J connectivity index is 1.99. The molecule has 92 valence electrons. The number of nitrogens with zero attached hydrogens (tertiary/aromatic N) is 1. The molecule has 1 aromatic rings. The molecule has 4 nitrogen and oxygen atoms in total. The monoisotopic (exact) mass is 233 g/mol. The van der Waals surface area contributed by atoms with Crippen LogP contribution in [0.1, 0.15) is 43.1 Å². The van der Waals surface area contributed by atoms with Crippen LogP contribution in [0, 0.1) is 5.41 Å². The fraction of sp³-hybridized carbons (Fsp3) is 0.538. The smallest absolute Gasteiger partial charge is 0.267 e. The Labute approximate surface area is 102 Å². The van der Waals surface area contributed by atoms with Gasteiger partial charge in [0, 0.05) is 18.4 Å². The maximum atomic E-state index is 11.0. The first-order valence-corrected chi connectivity index (χ1v) is 6.09. The van der Waals surface area contributed by atoms with Crippen molar-refractivity contribution in [1.82, 2.24) is 4.98 Å². The minimum atomic E-state index is -0.485. The molecule has 1 amide bonds. The van der Waals surface area contributed by atoms with Gasteiger partial charge in [0.2, 0.25) is 0 Å². The highest BCUT2D eigenvalue weighted by Gasteiger charge is 2.28. The molecule has 0 aromatic carbocycles. The van der Waals surface area contributed by atoms with Crippen LogP contribution in [0.25, 0.3) is 0 Å². The number of hydrogen-bond acceptors (Lipinski definition) is 3. The Kier molecular flexibility index (Phi) is 3.31. The van der Waals surface area contributed by atoms with Gasteiger partial charge in [-0.1, -0.05) is 19.8 Å². The molecule has 1 aliphatic carbocycles. The van der Waals surface area contributed by atoms with Crippen molar-refractivity contribution in [1.29, 1.82) is 0 Å². The highest BCUT2D eigenvalue weighted by molar-refractivity contribution is 5.91. The van der Waals surface area contributed by atoms with Crippen molar-refractivity contribution in [2.45, 2.75) is 32.6 Å². The largest absolute Gasteiger partial charge is 0.384 e. The third-order valence-electron chi connectivity index (χ3n) is 3.54. The Morgan fingerprint density at radius 2 is 2.24 bits per heavy atom. The Morgan fingerprint density at radius 1 is 1.53 bits per heavy atom. The van der Waals surface area contributed by atoms with Crippen LogP contribution >= 0.6 is 0 Å². The van der Waals surface area contributed by atoms with Crippen LogP contribution in [-0.4, -0.2) is 17.4 Å². The summed E-state index contributed by atoms with van der Waals surface area (Å²) in [6.07, 6.45) is 6.79. The van der Waals surface area contributed by atoms with Crippen molar-refractivity contribution in [2.24, 2.45) is 11.1 Å². The zero-order valence-corrected chi connectivity index (χ0v) is 10.2. The molecule has 0 atom stereocenters. The molecule has 17 heavy (non-hydrogen) atoms. The van der Waals surface area contributed by atoms with Crippen LogP contribution in [0.2, 0.25) is 0 Å². The number of pyridine rings is 1. The molecule has 0 aliphatic heterocycles. The normalized spacial score (nSPS) is 17.9. The lowest BCUT2D eigenvalue weighted by molar-refractivity contribution is 0.0995. The fourth-order valence-corrected chi connectivity index (χ4v) is 2.40. The first kappa shape index (κ1) is 11.9. The van der Waals surface area contributed by atoms with Gasteiger partial charge in [-0.25, -0.2) is 0 Å². The van der Waals surface area contributed by atoms with Crippen LogP contribution < -0.4 is 11.1 Å². The number of nitrogens with one attached hydrogen (secondary N) is 1. The first-order valence-electron chi connectivity index (χ1n) is 6.09. The van der Waals surface area contributed by atoms with Crippen LogP contribution in [0.4, 0.5) is 5.69 Å². The standard InChI is InChI=1S/C13H19N3O/c1-13(5-2-3-6-13)9-16-10-4-7-15-11(8-10)12(14)17/h4,7-8H,2-3,5-6,9H2,1H3,(H2,14,17)(H,15,16). The third-order valence-corrected chi connectivity index (χ3v) is 3.54. The summed E-state index contributed by atoms with van der Waals surface area (Å²) >= 11 is 0. The first-order chi connectivity index (χ1) is 8.09. The number of amides is 1. The molecule has 1 heterocycles. The summed E-state index contributed by atoms with van der Waals surface area (Å²) in [6, 6.07) is 3.57. The molecule has 1 saturated carbocycles. The second-order valence-corrected chi connectivity index (χ2v) is 5.17. The zero-order valence-electron chi connectivity index (χ0n) is 10.2. The molecule has 3 N–H and O–H groups in total. The van der Waals surface area contributed by atoms with Crippen molar-refractivity contribution in [2.75, 3.05) is 11.9 Å². The van der Waals surface area contributed by atoms with E-state index in [0.29, 0.717) is 11.1 Å². The molecular formula is C13H19N3O. The van der Waals surface area contributed by atoms with Gasteiger partial charge in [-0.3, -0.25) is 9.78 Å². The van der Waals surface area contributed by atoms with Gasteiger partial charge in [0.1, 0.15) is 5.69 Å². The number of anilines is 1. The highest BCUT2D eigenvalue weighted by Crippen LogP contribution is 2.37. The predicted octanol–water partition coefficient (Wildman–Crippen LogP) is 2.17. The van der Waals surface area contributed by atoms with Gasteiger partial charge in [0.25, 0.3) is 5.91 Å². The molecule has 1 fully saturated rings. The van der Waals surface area contributed by atoms with Crippen molar-refractivity contribution < 1.29 is 4.79 Å². The number of primary amides is 1. The summed E-state index contributed by atoms with van der Waals surface area (Å²) in [5.41, 5.74) is 6.81. The number of hydrogen-bond donors (Lipinski definition) is 2. The van der Waals surface area contributed by atoms with E-state index in [1.165, 1.54) is 25.7 Å². The number of carbonyl (C=O) groups excluding carboxylic acids is 1. The summed E-state index contributed by atoms with van der Waals surface area (Å²) in [5.74, 6) is -0.485. The van der Waals surface area contributed by atoms with Crippen molar-refractivity contribution >= 4 is 11.6 Å². The number of nitrogens with two attached hydrogens (primary N) is 1. The van der Waals surface area contributed by atoms with Gasteiger partial charge in [-0.05, 0) is 30.4 Å². The van der Waals surface area contributed by atoms with E-state index in [0.717, 1.165) is 12.2 Å². The van der Waals surface area contributed by atoms with Crippen LogP contribution in [0.3, 0.4) is 0 Å². The van der Waals surface area contributed by atoms with Crippen LogP contribution in [0.5, 0.6) is 0 Å². The molecule has 0 bridgehead atoms. The minimum absolute atomic E-state index is 0.312. The molecule has 0 spiro atoms. The summed E-state index contributed by atoms with van der Waals surface area (Å²) in [5, 5.41) is 3.37. The van der Waals surface area contributed by atoms with Crippen molar-refractivity contribution in [3.8, 4) is 0 Å². The third kappa shape index (κ3) is 2.96. The topological polar surface area (TPSA) is 68.0 Å². The molecule has 0 unspecified atom stereocenters. The van der Waals surface area contributed by atoms with E-state index in [9.17, 15) is 4.79 Å². The zero-order chi connectivity index (χ0) is 12.3. The summed E-state index contributed by atoms with van der Waals surface area (Å²) in [7, 11) is 0. The van der Waals surface area contributed by atoms with E-state index >= 15 is 0 Å². The molecular weight excluding hydrogens is 214 g/mol. The van der Waals surface area contributed by atoms with Crippen LogP contribution in [-0.2, 0) is 0 Å². The molecule has 4 heteroatoms. The van der Waals surface area contributed by atoms with E-state index in [1.54, 1.807) is 12.3 Å². The van der Waals surface area contributed by atoms with E-state index < -0.39 is 5.91 Å². The van der Waals surface area contributed by atoms with Gasteiger partial charge in [0.15, 0.2) is 0 Å². The molecule has 0 radical (unpaired) electrons. The lowest BCUT2D eigenvalue weighted by Gasteiger charge is -2.24. The summed E-state index contributed by atoms with van der Waals surface area (Å²) in [6.45, 7) is 3.25. The quantitative estimate of drug-likeness (QED) is 0.837. The Hall–Kier alpha value is -1.58. The van der Waals surface area contributed by atoms with Crippen LogP contribution in [0.15, 0.2) is 18.3 Å². The second kappa shape index (κ2) is 4.73. The SMILES string of the molecule is CC1(CNc2ccnc(C(N)=O)c2)CCCC1. The van der Waals surface area contributed by atoms with Gasteiger partial charge < -0.3 is 11.1 Å². The van der Waals surface area contributed by atoms with Gasteiger partial charge in [-0.15, -0.1) is 0 Å². The fourth-order valence-electron chi connectivity index (χ4n) is 2.40. The van der Waals surface area contributed by atoms with E-state index in [1.807, 2.05) is 6.07 Å². The van der Waals surface area contributed by atoms with Crippen molar-refractivity contribution in [3.05, 3.63) is 24.0 Å². The van der Waals surface area contributed by atoms with E-state index in [-0.39, 0.29) is 0 Å². The summed E-state index contributed by atoms with van der Waals surface area (Å²) in [4.78, 5) is 14.9. The molecule has 0 saturated heterocycles. The summed E-state index contributed by atoms with van der Waals surface area (Å²) < 4.78 is 0. The van der Waals surface area contributed by atoms with E-state index in [4.69, 9.17) is 5.73 Å². The van der Waals surface area contributed by atoms with Gasteiger partial charge in [-0.2, -0.15) is 0 Å². The molecule has 2 rings (SSSR count). The highest BCUT2D eigenvalue weighted by atomic mass is 16.1. The van der Waals surface area contributed by atoms with Gasteiger partial charge >= 0.3 is 0 Å². The Morgan fingerprint density at radius 3 is 2.88 bits per heavy atom. The van der Waals surface area contributed by atoms with Gasteiger partial charge in [0.05, 0.1) is 0 Å². The molecule has 1 aromatic heterocycles. The minimum Gasteiger partial charge on any atom is -0.384 e. The van der Waals surface area contributed by atoms with Crippen molar-refractivity contribution in [3.63, 3.8) is 0 Å². The molecule has 1 aliphatic rings. The van der Waals surface area contributed by atoms with E-state index in [2.05, 4.69) is 17.2 Å². The number of carbonyl (C=O) groups is 1. The number of aromatic nitrogens is 1. The lowest BCUT2D eigenvalue weighted by atomic mass is 9.89. The number of rotatable bonds is 4. The predicted molar refractivity (Wildman–Crippen MR) is 67.8 cm³/mol. The average Bonchev–Trinajstić information content (AvgIpc) is 2.75. The second-order valence-electron chi connectivity index (χ2n) is 5.17. The maximum Gasteiger partial charge on any atom is 0.267 e. The lowest BCUT2D eigenvalue weighted by Crippen LogP contribution is -2.23.